The number of thioether (sulfide) groups is 1. The van der Waals surface area contributed by atoms with Crippen LogP contribution in [0.5, 0.6) is 0 Å². The lowest BCUT2D eigenvalue weighted by molar-refractivity contribution is -0.123. The first-order valence-electron chi connectivity index (χ1n) is 11.5. The second kappa shape index (κ2) is 7.99. The van der Waals surface area contributed by atoms with Crippen molar-refractivity contribution in [1.82, 2.24) is 10.3 Å². The van der Waals surface area contributed by atoms with E-state index in [0.29, 0.717) is 17.5 Å². The fourth-order valence-electron chi connectivity index (χ4n) is 5.89. The number of benzene rings is 1. The number of carbonyl (C=O) groups excluding carboxylic acids is 3. The van der Waals surface area contributed by atoms with Crippen molar-refractivity contribution < 1.29 is 14.4 Å². The number of rotatable bonds is 5. The number of imide groups is 1. The minimum Gasteiger partial charge on any atom is -0.353 e. The number of anilines is 1. The number of aromatic nitrogens is 1. The zero-order chi connectivity index (χ0) is 21.8. The molecule has 0 spiro atoms. The SMILES string of the molecule is O=C(CSc1nc2ccc(N3C(=O)[C@@H]4[C@H](C3=O)[C@H]3C=C[C@@H]4C3)cc2s1)NC1CCCCC1. The fourth-order valence-corrected chi connectivity index (χ4v) is 7.81. The summed E-state index contributed by atoms with van der Waals surface area (Å²) in [4.78, 5) is 44.5. The summed E-state index contributed by atoms with van der Waals surface area (Å²) in [6, 6.07) is 5.90. The Labute approximate surface area is 194 Å². The number of thiazole rings is 1. The minimum absolute atomic E-state index is 0.0601. The average Bonchev–Trinajstić information content (AvgIpc) is 3.55. The van der Waals surface area contributed by atoms with Gasteiger partial charge in [-0.2, -0.15) is 0 Å². The Hall–Kier alpha value is -2.19. The van der Waals surface area contributed by atoms with Crippen molar-refractivity contribution >= 4 is 56.7 Å². The lowest BCUT2D eigenvalue weighted by Gasteiger charge is -2.22. The lowest BCUT2D eigenvalue weighted by Crippen LogP contribution is -2.37. The van der Waals surface area contributed by atoms with Crippen molar-refractivity contribution in [3.63, 3.8) is 0 Å². The molecule has 2 bridgehead atoms. The topological polar surface area (TPSA) is 79.4 Å². The third-order valence-electron chi connectivity index (χ3n) is 7.38. The zero-order valence-corrected chi connectivity index (χ0v) is 19.3. The lowest BCUT2D eigenvalue weighted by atomic mass is 9.85. The highest BCUT2D eigenvalue weighted by atomic mass is 32.2. The number of fused-ring (bicyclic) bond motifs is 6. The Balaban J connectivity index is 1.15. The molecular formula is C24H25N3O3S2. The van der Waals surface area contributed by atoms with Crippen molar-refractivity contribution in [2.75, 3.05) is 10.7 Å². The van der Waals surface area contributed by atoms with Crippen LogP contribution >= 0.6 is 23.1 Å². The van der Waals surface area contributed by atoms with Gasteiger partial charge in [0.15, 0.2) is 4.34 Å². The first-order valence-corrected chi connectivity index (χ1v) is 13.3. The maximum absolute atomic E-state index is 13.1. The van der Waals surface area contributed by atoms with Gasteiger partial charge in [-0.1, -0.05) is 43.2 Å². The summed E-state index contributed by atoms with van der Waals surface area (Å²) in [5, 5.41) is 3.14. The Morgan fingerprint density at radius 3 is 2.53 bits per heavy atom. The number of nitrogens with zero attached hydrogens (tertiary/aromatic N) is 2. The molecule has 2 saturated carbocycles. The molecule has 1 aromatic heterocycles. The summed E-state index contributed by atoms with van der Waals surface area (Å²) in [5.74, 6) is 0.328. The van der Waals surface area contributed by atoms with Crippen molar-refractivity contribution in [2.45, 2.75) is 48.9 Å². The van der Waals surface area contributed by atoms with E-state index >= 15 is 0 Å². The van der Waals surface area contributed by atoms with Crippen LogP contribution in [0, 0.1) is 23.7 Å². The van der Waals surface area contributed by atoms with Crippen molar-refractivity contribution in [1.29, 1.82) is 0 Å². The Morgan fingerprint density at radius 2 is 1.81 bits per heavy atom. The van der Waals surface area contributed by atoms with E-state index in [1.54, 1.807) is 0 Å². The van der Waals surface area contributed by atoms with Crippen LogP contribution in [0.3, 0.4) is 0 Å². The Bertz CT molecular complexity index is 1110. The molecule has 32 heavy (non-hydrogen) atoms. The highest BCUT2D eigenvalue weighted by Gasteiger charge is 2.59. The van der Waals surface area contributed by atoms with Gasteiger partial charge in [-0.25, -0.2) is 9.88 Å². The van der Waals surface area contributed by atoms with Crippen LogP contribution in [0.25, 0.3) is 10.2 Å². The molecule has 4 atom stereocenters. The molecule has 0 radical (unpaired) electrons. The summed E-state index contributed by atoms with van der Waals surface area (Å²) < 4.78 is 1.76. The molecule has 3 amide bonds. The van der Waals surface area contributed by atoms with Gasteiger partial charge in [-0.15, -0.1) is 11.3 Å². The maximum Gasteiger partial charge on any atom is 0.238 e. The molecule has 1 aromatic carbocycles. The summed E-state index contributed by atoms with van der Waals surface area (Å²) in [7, 11) is 0. The number of nitrogens with one attached hydrogen (secondary N) is 1. The van der Waals surface area contributed by atoms with Crippen LogP contribution < -0.4 is 10.2 Å². The second-order valence-corrected chi connectivity index (χ2v) is 11.6. The molecule has 166 valence electrons. The highest BCUT2D eigenvalue weighted by molar-refractivity contribution is 8.01. The smallest absolute Gasteiger partial charge is 0.238 e. The van der Waals surface area contributed by atoms with Crippen LogP contribution in [-0.2, 0) is 14.4 Å². The van der Waals surface area contributed by atoms with E-state index in [1.165, 1.54) is 47.3 Å². The summed E-state index contributed by atoms with van der Waals surface area (Å²) in [6.07, 6.45) is 11.0. The van der Waals surface area contributed by atoms with Crippen molar-refractivity contribution in [3.8, 4) is 0 Å². The van der Waals surface area contributed by atoms with Crippen molar-refractivity contribution in [2.24, 2.45) is 23.7 Å². The van der Waals surface area contributed by atoms with E-state index in [-0.39, 0.29) is 41.4 Å². The number of allylic oxidation sites excluding steroid dienone is 2. The average molecular weight is 468 g/mol. The van der Waals surface area contributed by atoms with Gasteiger partial charge in [0.1, 0.15) is 0 Å². The van der Waals surface area contributed by atoms with Gasteiger partial charge in [0.2, 0.25) is 17.7 Å². The summed E-state index contributed by atoms with van der Waals surface area (Å²) in [6.45, 7) is 0. The fraction of sp³-hybridized carbons (Fsp3) is 0.500. The maximum atomic E-state index is 13.1. The van der Waals surface area contributed by atoms with Crippen LogP contribution in [0.15, 0.2) is 34.7 Å². The minimum atomic E-state index is -0.191. The summed E-state index contributed by atoms with van der Waals surface area (Å²) >= 11 is 2.95. The number of hydrogen-bond donors (Lipinski definition) is 1. The molecule has 8 heteroatoms. The van der Waals surface area contributed by atoms with Gasteiger partial charge >= 0.3 is 0 Å². The number of amides is 3. The normalized spacial score (nSPS) is 29.3. The standard InChI is InChI=1S/C24H25N3O3S2/c28-19(25-15-4-2-1-3-5-15)12-31-24-26-17-9-8-16(11-18(17)32-24)27-22(29)20-13-6-7-14(10-13)21(20)23(27)30/h6-9,11,13-15,20-21H,1-5,10,12H2,(H,25,28)/t13-,14+,20+,21-. The third-order valence-corrected chi connectivity index (χ3v) is 9.54. The molecule has 3 fully saturated rings. The van der Waals surface area contributed by atoms with E-state index in [1.807, 2.05) is 18.2 Å². The molecule has 2 aromatic rings. The van der Waals surface area contributed by atoms with Gasteiger partial charge in [-0.3, -0.25) is 14.4 Å². The summed E-state index contributed by atoms with van der Waals surface area (Å²) in [5.41, 5.74) is 1.46. The molecule has 1 N–H and O–H groups in total. The van der Waals surface area contributed by atoms with Gasteiger partial charge in [0.05, 0.1) is 33.5 Å². The molecule has 4 aliphatic rings. The molecular weight excluding hydrogens is 442 g/mol. The molecule has 1 saturated heterocycles. The van der Waals surface area contributed by atoms with E-state index in [0.717, 1.165) is 33.8 Å². The molecule has 2 heterocycles. The van der Waals surface area contributed by atoms with E-state index in [2.05, 4.69) is 22.5 Å². The van der Waals surface area contributed by atoms with Gasteiger partial charge in [0, 0.05) is 6.04 Å². The Morgan fingerprint density at radius 1 is 1.09 bits per heavy atom. The molecule has 6 nitrogen and oxygen atoms in total. The van der Waals surface area contributed by atoms with Crippen LogP contribution in [-0.4, -0.2) is 34.5 Å². The van der Waals surface area contributed by atoms with Gasteiger partial charge in [0.25, 0.3) is 0 Å². The molecule has 3 aliphatic carbocycles. The molecule has 6 rings (SSSR count). The predicted molar refractivity (Wildman–Crippen MR) is 126 cm³/mol. The number of hydrogen-bond acceptors (Lipinski definition) is 6. The van der Waals surface area contributed by atoms with Gasteiger partial charge < -0.3 is 5.32 Å². The molecule has 0 unspecified atom stereocenters. The van der Waals surface area contributed by atoms with Crippen molar-refractivity contribution in [3.05, 3.63) is 30.4 Å². The van der Waals surface area contributed by atoms with Crippen LogP contribution in [0.2, 0.25) is 0 Å². The largest absolute Gasteiger partial charge is 0.353 e. The molecule has 1 aliphatic heterocycles. The highest BCUT2D eigenvalue weighted by Crippen LogP contribution is 2.53. The monoisotopic (exact) mass is 467 g/mol. The van der Waals surface area contributed by atoms with E-state index < -0.39 is 0 Å². The Kier molecular flexibility index (Phi) is 5.10. The zero-order valence-electron chi connectivity index (χ0n) is 17.7. The van der Waals surface area contributed by atoms with E-state index in [4.69, 9.17) is 0 Å². The van der Waals surface area contributed by atoms with Crippen LogP contribution in [0.1, 0.15) is 38.5 Å². The quantitative estimate of drug-likeness (QED) is 0.406. The van der Waals surface area contributed by atoms with E-state index in [9.17, 15) is 14.4 Å². The number of carbonyl (C=O) groups is 3. The first kappa shape index (κ1) is 20.4. The predicted octanol–water partition coefficient (Wildman–Crippen LogP) is 4.15. The second-order valence-electron chi connectivity index (χ2n) is 9.33. The first-order chi connectivity index (χ1) is 15.6. The van der Waals surface area contributed by atoms with Gasteiger partial charge in [-0.05, 0) is 49.3 Å². The van der Waals surface area contributed by atoms with Crippen LogP contribution in [0.4, 0.5) is 5.69 Å². The third kappa shape index (κ3) is 3.39.